The molecule has 0 N–H and O–H groups in total. The molecular weight excluding hydrogens is 645 g/mol. The van der Waals surface area contributed by atoms with E-state index in [1.807, 2.05) is 11.3 Å². The van der Waals surface area contributed by atoms with Gasteiger partial charge in [-0.15, -0.1) is 11.3 Å². The van der Waals surface area contributed by atoms with Crippen LogP contribution in [0.1, 0.15) is 0 Å². The Balaban J connectivity index is 1.14. The van der Waals surface area contributed by atoms with Crippen molar-refractivity contribution >= 4 is 103 Å². The third-order valence-electron chi connectivity index (χ3n) is 10.1. The van der Waals surface area contributed by atoms with E-state index in [2.05, 4.69) is 165 Å². The summed E-state index contributed by atoms with van der Waals surface area (Å²) < 4.78 is 9.15. The zero-order chi connectivity index (χ0) is 33.5. The number of aromatic nitrogens is 3. The summed E-state index contributed by atoms with van der Waals surface area (Å²) in [6, 6.07) is 52.3. The van der Waals surface area contributed by atoms with Crippen LogP contribution >= 0.6 is 11.3 Å². The van der Waals surface area contributed by atoms with Crippen LogP contribution in [0.2, 0.25) is 0 Å². The summed E-state index contributed by atoms with van der Waals surface area (Å²) in [5.41, 5.74) is 5.83. The first-order valence-corrected chi connectivity index (χ1v) is 17.7. The summed E-state index contributed by atoms with van der Waals surface area (Å²) in [7, 11) is 0. The minimum absolute atomic E-state index is 0.646. The lowest BCUT2D eigenvalue weighted by molar-refractivity contribution is 0.669. The SMILES string of the molecule is c1ccc2c(c1)sc1ccc(N(c3ccc(-c4ncncn4)cc3)c3ccc4oc5cc6c7ccccc7c7ccccc7c6cc5c4c3)cc12. The van der Waals surface area contributed by atoms with Gasteiger partial charge in [-0.05, 0) is 111 Å². The molecule has 5 nitrogen and oxygen atoms in total. The van der Waals surface area contributed by atoms with Crippen molar-refractivity contribution in [3.63, 3.8) is 0 Å². The van der Waals surface area contributed by atoms with Gasteiger partial charge in [-0.25, -0.2) is 15.0 Å². The molecule has 6 heteroatoms. The lowest BCUT2D eigenvalue weighted by Gasteiger charge is -2.26. The Hall–Kier alpha value is -6.63. The van der Waals surface area contributed by atoms with E-state index in [-0.39, 0.29) is 0 Å². The average Bonchev–Trinajstić information content (AvgIpc) is 3.75. The van der Waals surface area contributed by atoms with Gasteiger partial charge in [0, 0.05) is 53.6 Å². The second-order valence-electron chi connectivity index (χ2n) is 12.9. The van der Waals surface area contributed by atoms with Crippen LogP contribution in [0.25, 0.3) is 85.8 Å². The standard InChI is InChI=1S/C45H26N4OS/c1-3-9-33-31(7-1)32-8-2-4-10-34(32)37-24-42-39(23-36(33)37)38-21-29(17-19-41(38)50-42)49(28-15-13-27(14-16-28)45-47-25-46-26-48-45)30-18-20-44-40(22-30)35-11-5-6-12-43(35)51-44/h1-26H. The largest absolute Gasteiger partial charge is 0.456 e. The van der Waals surface area contributed by atoms with Gasteiger partial charge in [-0.3, -0.25) is 0 Å². The van der Waals surface area contributed by atoms with Crippen LogP contribution in [0.5, 0.6) is 0 Å². The van der Waals surface area contributed by atoms with Gasteiger partial charge in [0.25, 0.3) is 0 Å². The first-order chi connectivity index (χ1) is 25.3. The predicted molar refractivity (Wildman–Crippen MR) is 213 cm³/mol. The van der Waals surface area contributed by atoms with Crippen LogP contribution in [0.3, 0.4) is 0 Å². The van der Waals surface area contributed by atoms with Crippen molar-refractivity contribution in [2.24, 2.45) is 0 Å². The van der Waals surface area contributed by atoms with Gasteiger partial charge in [0.15, 0.2) is 5.82 Å². The Kier molecular flexibility index (Phi) is 6.05. The van der Waals surface area contributed by atoms with Crippen LogP contribution in [0.15, 0.2) is 163 Å². The Bertz CT molecular complexity index is 3150. The van der Waals surface area contributed by atoms with Crippen molar-refractivity contribution < 1.29 is 4.42 Å². The molecule has 8 aromatic carbocycles. The van der Waals surface area contributed by atoms with E-state index in [0.29, 0.717) is 5.82 Å². The van der Waals surface area contributed by atoms with Crippen molar-refractivity contribution in [2.45, 2.75) is 0 Å². The first-order valence-electron chi connectivity index (χ1n) is 16.9. The summed E-state index contributed by atoms with van der Waals surface area (Å²) >= 11 is 1.83. The van der Waals surface area contributed by atoms with Crippen molar-refractivity contribution in [3.8, 4) is 11.4 Å². The number of nitrogens with zero attached hydrogens (tertiary/aromatic N) is 4. The molecule has 0 saturated heterocycles. The predicted octanol–water partition coefficient (Wildman–Crippen LogP) is 12.7. The van der Waals surface area contributed by atoms with Crippen LogP contribution in [0, 0.1) is 0 Å². The maximum absolute atomic E-state index is 6.59. The molecule has 0 fully saturated rings. The highest BCUT2D eigenvalue weighted by molar-refractivity contribution is 7.25. The fourth-order valence-electron chi connectivity index (χ4n) is 7.75. The number of anilines is 3. The molecule has 0 amide bonds. The lowest BCUT2D eigenvalue weighted by Crippen LogP contribution is -2.09. The van der Waals surface area contributed by atoms with Gasteiger partial charge in [-0.2, -0.15) is 0 Å². The second kappa shape index (κ2) is 10.9. The highest BCUT2D eigenvalue weighted by Crippen LogP contribution is 2.44. The molecule has 0 aliphatic rings. The number of fused-ring (bicyclic) bond motifs is 12. The Labute approximate surface area is 295 Å². The number of rotatable bonds is 4. The Morgan fingerprint density at radius 1 is 0.412 bits per heavy atom. The fraction of sp³-hybridized carbons (Fsp3) is 0. The summed E-state index contributed by atoms with van der Waals surface area (Å²) in [5.74, 6) is 0.646. The number of benzene rings is 8. The van der Waals surface area contributed by atoms with E-state index >= 15 is 0 Å². The number of thiophene rings is 1. The third-order valence-corrected chi connectivity index (χ3v) is 11.2. The molecule has 3 heterocycles. The quantitative estimate of drug-likeness (QED) is 0.174. The van der Waals surface area contributed by atoms with Crippen LogP contribution in [-0.2, 0) is 0 Å². The normalized spacial score (nSPS) is 11.9. The number of hydrogen-bond acceptors (Lipinski definition) is 6. The van der Waals surface area contributed by atoms with Crippen molar-refractivity contribution in [1.29, 1.82) is 0 Å². The van der Waals surface area contributed by atoms with Gasteiger partial charge in [0.1, 0.15) is 23.8 Å². The highest BCUT2D eigenvalue weighted by atomic mass is 32.1. The molecular formula is C45H26N4OS. The molecule has 0 bridgehead atoms. The molecule has 3 aromatic heterocycles. The van der Waals surface area contributed by atoms with Gasteiger partial charge in [0.2, 0.25) is 0 Å². The topological polar surface area (TPSA) is 55.1 Å². The van der Waals surface area contributed by atoms with E-state index in [9.17, 15) is 0 Å². The molecule has 11 rings (SSSR count). The number of hydrogen-bond donors (Lipinski definition) is 0. The van der Waals surface area contributed by atoms with Crippen LogP contribution < -0.4 is 4.90 Å². The minimum Gasteiger partial charge on any atom is -0.456 e. The summed E-state index contributed by atoms with van der Waals surface area (Å²) in [6.45, 7) is 0. The fourth-order valence-corrected chi connectivity index (χ4v) is 8.84. The Morgan fingerprint density at radius 3 is 1.69 bits per heavy atom. The van der Waals surface area contributed by atoms with Crippen molar-refractivity contribution in [3.05, 3.63) is 158 Å². The maximum Gasteiger partial charge on any atom is 0.162 e. The van der Waals surface area contributed by atoms with E-state index in [4.69, 9.17) is 4.42 Å². The zero-order valence-corrected chi connectivity index (χ0v) is 27.9. The molecule has 0 spiro atoms. The monoisotopic (exact) mass is 670 g/mol. The molecule has 0 radical (unpaired) electrons. The molecule has 51 heavy (non-hydrogen) atoms. The van der Waals surface area contributed by atoms with Crippen molar-refractivity contribution in [2.75, 3.05) is 4.90 Å². The molecule has 0 saturated carbocycles. The first kappa shape index (κ1) is 28.2. The van der Waals surface area contributed by atoms with Gasteiger partial charge in [-0.1, -0.05) is 66.7 Å². The van der Waals surface area contributed by atoms with Crippen LogP contribution in [-0.4, -0.2) is 15.0 Å². The van der Waals surface area contributed by atoms with Gasteiger partial charge in [0.05, 0.1) is 0 Å². The molecule has 0 aliphatic heterocycles. The number of furan rings is 1. The minimum atomic E-state index is 0.646. The van der Waals surface area contributed by atoms with E-state index < -0.39 is 0 Å². The summed E-state index contributed by atoms with van der Waals surface area (Å²) in [6.07, 6.45) is 3.06. The smallest absolute Gasteiger partial charge is 0.162 e. The maximum atomic E-state index is 6.59. The zero-order valence-electron chi connectivity index (χ0n) is 27.1. The molecule has 0 unspecified atom stereocenters. The van der Waals surface area contributed by atoms with Gasteiger partial charge < -0.3 is 9.32 Å². The molecule has 11 aromatic rings. The molecule has 0 atom stereocenters. The average molecular weight is 671 g/mol. The van der Waals surface area contributed by atoms with Crippen LogP contribution in [0.4, 0.5) is 17.1 Å². The van der Waals surface area contributed by atoms with E-state index in [0.717, 1.165) is 44.6 Å². The molecule has 0 aliphatic carbocycles. The Morgan fingerprint density at radius 2 is 0.961 bits per heavy atom. The molecule has 238 valence electrons. The van der Waals surface area contributed by atoms with E-state index in [1.165, 1.54) is 65.1 Å². The third kappa shape index (κ3) is 4.37. The van der Waals surface area contributed by atoms with E-state index in [1.54, 1.807) is 0 Å². The van der Waals surface area contributed by atoms with Gasteiger partial charge >= 0.3 is 0 Å². The lowest BCUT2D eigenvalue weighted by atomic mass is 9.93. The van der Waals surface area contributed by atoms with Crippen molar-refractivity contribution in [1.82, 2.24) is 15.0 Å². The summed E-state index contributed by atoms with van der Waals surface area (Å²) in [4.78, 5) is 15.0. The second-order valence-corrected chi connectivity index (χ2v) is 14.0. The summed E-state index contributed by atoms with van der Waals surface area (Å²) in [5, 5.41) is 12.1. The highest BCUT2D eigenvalue weighted by Gasteiger charge is 2.19.